The van der Waals surface area contributed by atoms with Crippen molar-refractivity contribution in [2.75, 3.05) is 5.32 Å². The Bertz CT molecular complexity index is 1270. The van der Waals surface area contributed by atoms with Crippen molar-refractivity contribution in [2.45, 2.75) is 52.6 Å². The monoisotopic (exact) mass is 490 g/mol. The second-order valence-corrected chi connectivity index (χ2v) is 11.0. The van der Waals surface area contributed by atoms with Crippen LogP contribution in [0.2, 0.25) is 0 Å². The van der Waals surface area contributed by atoms with Crippen molar-refractivity contribution in [3.63, 3.8) is 0 Å². The number of carbonyl (C=O) groups excluding carboxylic acids is 2. The maximum Gasteiger partial charge on any atom is 0.336 e. The SMILES string of the molecule is CCC(C)(C)C1CCc2c(sc3c2C(=O)NC(c2cccc(OC(=O)C=Cc4ccco4)c2)N3)C1. The molecule has 0 saturated heterocycles. The van der Waals surface area contributed by atoms with Crippen LogP contribution in [-0.4, -0.2) is 11.9 Å². The van der Waals surface area contributed by atoms with Crippen LogP contribution in [0.3, 0.4) is 0 Å². The number of furan rings is 1. The molecule has 2 atom stereocenters. The summed E-state index contributed by atoms with van der Waals surface area (Å²) in [6.45, 7) is 6.96. The van der Waals surface area contributed by atoms with Crippen molar-refractivity contribution < 1.29 is 18.7 Å². The Morgan fingerprint density at radius 3 is 2.89 bits per heavy atom. The number of benzene rings is 1. The van der Waals surface area contributed by atoms with Crippen LogP contribution in [0.4, 0.5) is 5.00 Å². The van der Waals surface area contributed by atoms with Gasteiger partial charge in [-0.15, -0.1) is 11.3 Å². The number of nitrogens with one attached hydrogen (secondary N) is 2. The quantitative estimate of drug-likeness (QED) is 0.239. The third kappa shape index (κ3) is 4.78. The van der Waals surface area contributed by atoms with Gasteiger partial charge in [0.1, 0.15) is 22.7 Å². The molecular weight excluding hydrogens is 460 g/mol. The van der Waals surface area contributed by atoms with Crippen LogP contribution in [0.5, 0.6) is 5.75 Å². The van der Waals surface area contributed by atoms with Gasteiger partial charge in [-0.1, -0.05) is 39.3 Å². The van der Waals surface area contributed by atoms with Crippen molar-refractivity contribution in [1.82, 2.24) is 5.32 Å². The highest BCUT2D eigenvalue weighted by atomic mass is 32.1. The predicted octanol–water partition coefficient (Wildman–Crippen LogP) is 6.36. The van der Waals surface area contributed by atoms with Gasteiger partial charge in [0.05, 0.1) is 11.8 Å². The average molecular weight is 491 g/mol. The summed E-state index contributed by atoms with van der Waals surface area (Å²) in [7, 11) is 0. The molecule has 6 nitrogen and oxygen atoms in total. The summed E-state index contributed by atoms with van der Waals surface area (Å²) in [5.74, 6) is 1.07. The number of anilines is 1. The van der Waals surface area contributed by atoms with Gasteiger partial charge < -0.3 is 19.8 Å². The molecule has 3 heterocycles. The Kier molecular flexibility index (Phi) is 6.28. The first-order valence-electron chi connectivity index (χ1n) is 12.1. The number of thiophene rings is 1. The van der Waals surface area contributed by atoms with Crippen molar-refractivity contribution >= 4 is 34.3 Å². The molecule has 0 bridgehead atoms. The first-order chi connectivity index (χ1) is 16.8. The van der Waals surface area contributed by atoms with Gasteiger partial charge in [0, 0.05) is 11.0 Å². The summed E-state index contributed by atoms with van der Waals surface area (Å²) in [6.07, 6.45) is 8.28. The Labute approximate surface area is 209 Å². The van der Waals surface area contributed by atoms with E-state index in [-0.39, 0.29) is 5.91 Å². The fourth-order valence-corrected chi connectivity index (χ4v) is 6.22. The predicted molar refractivity (Wildman–Crippen MR) is 138 cm³/mol. The number of amides is 1. The van der Waals surface area contributed by atoms with Crippen LogP contribution in [0.1, 0.15) is 71.9 Å². The zero-order chi connectivity index (χ0) is 24.6. The molecule has 182 valence electrons. The third-order valence-electron chi connectivity index (χ3n) is 7.40. The molecule has 5 rings (SSSR count). The minimum absolute atomic E-state index is 0.0433. The molecule has 1 aliphatic heterocycles. The Balaban J connectivity index is 1.31. The van der Waals surface area contributed by atoms with E-state index in [1.807, 2.05) is 12.1 Å². The molecule has 7 heteroatoms. The molecule has 2 aliphatic rings. The van der Waals surface area contributed by atoms with Gasteiger partial charge >= 0.3 is 5.97 Å². The summed E-state index contributed by atoms with van der Waals surface area (Å²) in [5, 5.41) is 7.54. The van der Waals surface area contributed by atoms with E-state index in [1.165, 1.54) is 16.5 Å². The van der Waals surface area contributed by atoms with E-state index in [9.17, 15) is 9.59 Å². The highest BCUT2D eigenvalue weighted by molar-refractivity contribution is 7.16. The van der Waals surface area contributed by atoms with Gasteiger partial charge in [-0.05, 0) is 72.1 Å². The molecule has 35 heavy (non-hydrogen) atoms. The van der Waals surface area contributed by atoms with Crippen molar-refractivity contribution in [3.8, 4) is 5.75 Å². The fraction of sp³-hybridized carbons (Fsp3) is 0.357. The summed E-state index contributed by atoms with van der Waals surface area (Å²) in [5.41, 5.74) is 3.13. The highest BCUT2D eigenvalue weighted by Crippen LogP contribution is 2.47. The van der Waals surface area contributed by atoms with E-state index in [1.54, 1.807) is 47.9 Å². The zero-order valence-electron chi connectivity index (χ0n) is 20.2. The summed E-state index contributed by atoms with van der Waals surface area (Å²) < 4.78 is 10.6. The minimum atomic E-state index is -0.503. The topological polar surface area (TPSA) is 80.6 Å². The van der Waals surface area contributed by atoms with Gasteiger partial charge in [-0.3, -0.25) is 4.79 Å². The Morgan fingerprint density at radius 2 is 2.11 bits per heavy atom. The molecule has 1 amide bonds. The number of hydrogen-bond acceptors (Lipinski definition) is 6. The molecule has 0 radical (unpaired) electrons. The summed E-state index contributed by atoms with van der Waals surface area (Å²) >= 11 is 1.72. The molecule has 2 N–H and O–H groups in total. The minimum Gasteiger partial charge on any atom is -0.465 e. The lowest BCUT2D eigenvalue weighted by molar-refractivity contribution is -0.128. The van der Waals surface area contributed by atoms with Crippen molar-refractivity contribution in [3.05, 3.63) is 76.1 Å². The largest absolute Gasteiger partial charge is 0.465 e. The third-order valence-corrected chi connectivity index (χ3v) is 8.58. The van der Waals surface area contributed by atoms with Crippen molar-refractivity contribution in [2.24, 2.45) is 11.3 Å². The van der Waals surface area contributed by atoms with Crippen molar-refractivity contribution in [1.29, 1.82) is 0 Å². The maximum atomic E-state index is 13.1. The number of fused-ring (bicyclic) bond motifs is 3. The molecule has 2 unspecified atom stereocenters. The van der Waals surface area contributed by atoms with Gasteiger partial charge in [0.2, 0.25) is 0 Å². The van der Waals surface area contributed by atoms with Crippen LogP contribution in [0, 0.1) is 11.3 Å². The van der Waals surface area contributed by atoms with Gasteiger partial charge in [-0.25, -0.2) is 4.79 Å². The maximum absolute atomic E-state index is 13.1. The lowest BCUT2D eigenvalue weighted by atomic mass is 9.69. The Hall–Kier alpha value is -3.32. The molecule has 2 aromatic heterocycles. The van der Waals surface area contributed by atoms with Gasteiger partial charge in [0.15, 0.2) is 0 Å². The number of ether oxygens (including phenoxy) is 1. The lowest BCUT2D eigenvalue weighted by Gasteiger charge is -2.36. The molecule has 3 aromatic rings. The molecule has 1 aromatic carbocycles. The van der Waals surface area contributed by atoms with E-state index in [0.717, 1.165) is 41.8 Å². The zero-order valence-corrected chi connectivity index (χ0v) is 21.0. The second kappa shape index (κ2) is 9.38. The first kappa shape index (κ1) is 23.4. The molecular formula is C28H30N2O4S. The molecule has 0 saturated carbocycles. The first-order valence-corrected chi connectivity index (χ1v) is 12.9. The van der Waals surface area contributed by atoms with E-state index in [4.69, 9.17) is 9.15 Å². The fourth-order valence-electron chi connectivity index (χ4n) is 4.86. The number of rotatable bonds is 6. The van der Waals surface area contributed by atoms with Crippen LogP contribution in [-0.2, 0) is 17.6 Å². The van der Waals surface area contributed by atoms with Crippen LogP contribution >= 0.6 is 11.3 Å². The van der Waals surface area contributed by atoms with E-state index < -0.39 is 12.1 Å². The summed E-state index contributed by atoms with van der Waals surface area (Å²) in [6, 6.07) is 10.7. The number of carbonyl (C=O) groups is 2. The number of esters is 1. The van der Waals surface area contributed by atoms with E-state index >= 15 is 0 Å². The van der Waals surface area contributed by atoms with Crippen LogP contribution in [0.25, 0.3) is 6.08 Å². The smallest absolute Gasteiger partial charge is 0.336 e. The van der Waals surface area contributed by atoms with E-state index in [0.29, 0.717) is 22.8 Å². The lowest BCUT2D eigenvalue weighted by Crippen LogP contribution is -2.38. The normalized spacial score (nSPS) is 19.6. The average Bonchev–Trinajstić information content (AvgIpc) is 3.50. The molecule has 0 fully saturated rings. The Morgan fingerprint density at radius 1 is 1.26 bits per heavy atom. The molecule has 0 spiro atoms. The highest BCUT2D eigenvalue weighted by Gasteiger charge is 2.37. The number of hydrogen-bond donors (Lipinski definition) is 2. The van der Waals surface area contributed by atoms with Gasteiger partial charge in [-0.2, -0.15) is 0 Å². The molecule has 1 aliphatic carbocycles. The standard InChI is InChI=1S/C28H30N2O4S/c1-4-28(2,3)18-10-12-21-22(16-18)35-27-24(21)26(32)29-25(30-27)17-7-5-8-20(15-17)34-23(31)13-11-19-9-6-14-33-19/h5-9,11,13-15,18,25,30H,4,10,12,16H2,1-3H3,(H,29,32). The second-order valence-electron chi connectivity index (χ2n) is 9.88. The van der Waals surface area contributed by atoms with Crippen LogP contribution < -0.4 is 15.4 Å². The van der Waals surface area contributed by atoms with Crippen LogP contribution in [0.15, 0.2) is 53.2 Å². The van der Waals surface area contributed by atoms with E-state index in [2.05, 4.69) is 31.4 Å². The van der Waals surface area contributed by atoms with Gasteiger partial charge in [0.25, 0.3) is 5.91 Å². The summed E-state index contributed by atoms with van der Waals surface area (Å²) in [4.78, 5) is 26.7.